The van der Waals surface area contributed by atoms with E-state index in [2.05, 4.69) is 17.1 Å². The molecule has 2 heterocycles. The predicted octanol–water partition coefficient (Wildman–Crippen LogP) is 3.70. The molecule has 32 heavy (non-hydrogen) atoms. The standard InChI is InChI=1S/C26H29N3O3/c1-18-12-15-28(16-13-18)24-23(21-8-10-22(11-9-21)27-19(2)30)25(31)29(26(24)32)17-14-20-6-4-3-5-7-20/h3-11,18H,12-17H2,1-2H3,(H,27,30). The van der Waals surface area contributed by atoms with Crippen molar-refractivity contribution in [3.63, 3.8) is 0 Å². The van der Waals surface area contributed by atoms with Gasteiger partial charge in [0.15, 0.2) is 0 Å². The number of benzene rings is 2. The molecule has 6 nitrogen and oxygen atoms in total. The van der Waals surface area contributed by atoms with Crippen LogP contribution in [0.4, 0.5) is 5.69 Å². The first-order chi connectivity index (χ1) is 15.4. The molecule has 1 saturated heterocycles. The van der Waals surface area contributed by atoms with E-state index in [-0.39, 0.29) is 17.7 Å². The van der Waals surface area contributed by atoms with Crippen molar-refractivity contribution >= 4 is 29.0 Å². The molecule has 0 radical (unpaired) electrons. The Morgan fingerprint density at radius 1 is 0.969 bits per heavy atom. The van der Waals surface area contributed by atoms with Gasteiger partial charge in [0.25, 0.3) is 11.8 Å². The molecule has 2 aromatic carbocycles. The first-order valence-corrected chi connectivity index (χ1v) is 11.2. The van der Waals surface area contributed by atoms with Crippen LogP contribution in [0.25, 0.3) is 5.57 Å². The van der Waals surface area contributed by atoms with Crippen LogP contribution >= 0.6 is 0 Å². The van der Waals surface area contributed by atoms with Gasteiger partial charge < -0.3 is 10.2 Å². The Bertz CT molecular complexity index is 1040. The lowest BCUT2D eigenvalue weighted by molar-refractivity contribution is -0.137. The zero-order chi connectivity index (χ0) is 22.7. The number of likely N-dealkylation sites (tertiary alicyclic amines) is 1. The molecule has 3 amide bonds. The van der Waals surface area contributed by atoms with Crippen molar-refractivity contribution in [1.82, 2.24) is 9.80 Å². The summed E-state index contributed by atoms with van der Waals surface area (Å²) in [5, 5.41) is 2.74. The number of piperidine rings is 1. The van der Waals surface area contributed by atoms with Gasteiger partial charge in [0, 0.05) is 32.2 Å². The van der Waals surface area contributed by atoms with Gasteiger partial charge in [0.2, 0.25) is 5.91 Å². The third kappa shape index (κ3) is 4.59. The second-order valence-electron chi connectivity index (χ2n) is 8.65. The number of amides is 3. The number of carbonyl (C=O) groups is 3. The lowest BCUT2D eigenvalue weighted by Crippen LogP contribution is -2.39. The maximum atomic E-state index is 13.5. The highest BCUT2D eigenvalue weighted by Crippen LogP contribution is 2.34. The van der Waals surface area contributed by atoms with Crippen LogP contribution in [0.3, 0.4) is 0 Å². The first-order valence-electron chi connectivity index (χ1n) is 11.2. The molecule has 2 aliphatic heterocycles. The average Bonchev–Trinajstić information content (AvgIpc) is 3.03. The Morgan fingerprint density at radius 3 is 2.25 bits per heavy atom. The van der Waals surface area contributed by atoms with Crippen LogP contribution in [0.1, 0.15) is 37.8 Å². The highest BCUT2D eigenvalue weighted by Gasteiger charge is 2.41. The predicted molar refractivity (Wildman–Crippen MR) is 125 cm³/mol. The molecule has 166 valence electrons. The van der Waals surface area contributed by atoms with Gasteiger partial charge in [-0.25, -0.2) is 0 Å². The van der Waals surface area contributed by atoms with Crippen molar-refractivity contribution in [3.8, 4) is 0 Å². The molecule has 1 N–H and O–H groups in total. The highest BCUT2D eigenvalue weighted by atomic mass is 16.2. The fourth-order valence-electron chi connectivity index (χ4n) is 4.36. The van der Waals surface area contributed by atoms with Gasteiger partial charge in [-0.2, -0.15) is 0 Å². The minimum Gasteiger partial charge on any atom is -0.366 e. The molecule has 2 aromatic rings. The monoisotopic (exact) mass is 431 g/mol. The van der Waals surface area contributed by atoms with Crippen molar-refractivity contribution < 1.29 is 14.4 Å². The van der Waals surface area contributed by atoms with Gasteiger partial charge in [-0.05, 0) is 48.4 Å². The van der Waals surface area contributed by atoms with E-state index in [1.165, 1.54) is 11.8 Å². The number of imide groups is 1. The molecule has 0 saturated carbocycles. The molecule has 0 atom stereocenters. The van der Waals surface area contributed by atoms with Gasteiger partial charge >= 0.3 is 0 Å². The Hall–Kier alpha value is -3.41. The maximum absolute atomic E-state index is 13.5. The summed E-state index contributed by atoms with van der Waals surface area (Å²) in [7, 11) is 0. The van der Waals surface area contributed by atoms with Gasteiger partial charge in [-0.15, -0.1) is 0 Å². The number of nitrogens with one attached hydrogen (secondary N) is 1. The number of rotatable bonds is 6. The van der Waals surface area contributed by atoms with E-state index in [0.29, 0.717) is 41.4 Å². The molecule has 0 unspecified atom stereocenters. The summed E-state index contributed by atoms with van der Waals surface area (Å²) in [6.45, 7) is 5.57. The van der Waals surface area contributed by atoms with Gasteiger partial charge in [-0.3, -0.25) is 19.3 Å². The topological polar surface area (TPSA) is 69.7 Å². The number of hydrogen-bond acceptors (Lipinski definition) is 4. The molecule has 0 spiro atoms. The van der Waals surface area contributed by atoms with E-state index in [0.717, 1.165) is 31.5 Å². The SMILES string of the molecule is CC(=O)Nc1ccc(C2=C(N3CCC(C)CC3)C(=O)N(CCc3ccccc3)C2=O)cc1. The van der Waals surface area contributed by atoms with E-state index in [1.807, 2.05) is 30.3 Å². The summed E-state index contributed by atoms with van der Waals surface area (Å²) < 4.78 is 0. The summed E-state index contributed by atoms with van der Waals surface area (Å²) in [6, 6.07) is 17.0. The maximum Gasteiger partial charge on any atom is 0.277 e. The van der Waals surface area contributed by atoms with Crippen LogP contribution in [0.2, 0.25) is 0 Å². The van der Waals surface area contributed by atoms with E-state index < -0.39 is 0 Å². The summed E-state index contributed by atoms with van der Waals surface area (Å²) in [4.78, 5) is 41.7. The third-order valence-corrected chi connectivity index (χ3v) is 6.20. The zero-order valence-corrected chi connectivity index (χ0v) is 18.6. The lowest BCUT2D eigenvalue weighted by atomic mass is 9.97. The molecule has 0 aliphatic carbocycles. The summed E-state index contributed by atoms with van der Waals surface area (Å²) in [5.41, 5.74) is 3.44. The molecule has 4 rings (SSSR count). The zero-order valence-electron chi connectivity index (χ0n) is 18.6. The van der Waals surface area contributed by atoms with Crippen molar-refractivity contribution in [3.05, 3.63) is 71.4 Å². The second kappa shape index (κ2) is 9.39. The van der Waals surface area contributed by atoms with Crippen LogP contribution < -0.4 is 5.32 Å². The highest BCUT2D eigenvalue weighted by molar-refractivity contribution is 6.35. The van der Waals surface area contributed by atoms with Crippen LogP contribution in [0.15, 0.2) is 60.3 Å². The van der Waals surface area contributed by atoms with Crippen molar-refractivity contribution in [2.45, 2.75) is 33.1 Å². The van der Waals surface area contributed by atoms with Gasteiger partial charge in [0.1, 0.15) is 5.70 Å². The number of nitrogens with zero attached hydrogens (tertiary/aromatic N) is 2. The summed E-state index contributed by atoms with van der Waals surface area (Å²) in [5.74, 6) is 0.0150. The lowest BCUT2D eigenvalue weighted by Gasteiger charge is -2.32. The molecule has 1 fully saturated rings. The summed E-state index contributed by atoms with van der Waals surface area (Å²) in [6.07, 6.45) is 2.63. The Labute approximate surface area is 188 Å². The minimum absolute atomic E-state index is 0.153. The molecule has 2 aliphatic rings. The average molecular weight is 432 g/mol. The number of carbonyl (C=O) groups excluding carboxylic acids is 3. The molecular formula is C26H29N3O3. The van der Waals surface area contributed by atoms with Crippen molar-refractivity contribution in [2.75, 3.05) is 25.0 Å². The molecule has 0 bridgehead atoms. The first kappa shape index (κ1) is 21.8. The quantitative estimate of drug-likeness (QED) is 0.708. The van der Waals surface area contributed by atoms with Gasteiger partial charge in [-0.1, -0.05) is 49.4 Å². The molecular weight excluding hydrogens is 402 g/mol. The fourth-order valence-corrected chi connectivity index (χ4v) is 4.36. The minimum atomic E-state index is -0.244. The van der Waals surface area contributed by atoms with Crippen LogP contribution in [0, 0.1) is 5.92 Å². The normalized spacial score (nSPS) is 17.3. The third-order valence-electron chi connectivity index (χ3n) is 6.20. The number of anilines is 1. The Morgan fingerprint density at radius 2 is 1.62 bits per heavy atom. The van der Waals surface area contributed by atoms with E-state index in [4.69, 9.17) is 0 Å². The second-order valence-corrected chi connectivity index (χ2v) is 8.65. The Balaban J connectivity index is 1.64. The van der Waals surface area contributed by atoms with E-state index in [9.17, 15) is 14.4 Å². The fraction of sp³-hybridized carbons (Fsp3) is 0.346. The number of hydrogen-bond donors (Lipinski definition) is 1. The Kier molecular flexibility index (Phi) is 6.40. The van der Waals surface area contributed by atoms with E-state index >= 15 is 0 Å². The van der Waals surface area contributed by atoms with Crippen LogP contribution in [-0.4, -0.2) is 47.2 Å². The van der Waals surface area contributed by atoms with Crippen LogP contribution in [0.5, 0.6) is 0 Å². The van der Waals surface area contributed by atoms with Crippen molar-refractivity contribution in [2.24, 2.45) is 5.92 Å². The largest absolute Gasteiger partial charge is 0.366 e. The van der Waals surface area contributed by atoms with Crippen LogP contribution in [-0.2, 0) is 20.8 Å². The smallest absolute Gasteiger partial charge is 0.277 e. The van der Waals surface area contributed by atoms with Crippen molar-refractivity contribution in [1.29, 1.82) is 0 Å². The van der Waals surface area contributed by atoms with Gasteiger partial charge in [0.05, 0.1) is 5.57 Å². The summed E-state index contributed by atoms with van der Waals surface area (Å²) >= 11 is 0. The molecule has 6 heteroatoms. The van der Waals surface area contributed by atoms with E-state index in [1.54, 1.807) is 24.3 Å². The molecule has 0 aromatic heterocycles.